The Hall–Kier alpha value is -4.84. The summed E-state index contributed by atoms with van der Waals surface area (Å²) in [6.07, 6.45) is -3.05. The first-order valence-electron chi connectivity index (χ1n) is 12.9. The Morgan fingerprint density at radius 3 is 2.51 bits per heavy atom. The number of ether oxygens (including phenoxy) is 2. The van der Waals surface area contributed by atoms with E-state index < -0.39 is 46.5 Å². The molecule has 2 unspecified atom stereocenters. The van der Waals surface area contributed by atoms with Gasteiger partial charge in [-0.3, -0.25) is 19.4 Å². The van der Waals surface area contributed by atoms with Crippen LogP contribution < -0.4 is 25.4 Å². The van der Waals surface area contributed by atoms with E-state index in [1.165, 1.54) is 42.3 Å². The number of fused-ring (bicyclic) bond motifs is 1. The summed E-state index contributed by atoms with van der Waals surface area (Å²) >= 11 is 0. The van der Waals surface area contributed by atoms with Crippen molar-refractivity contribution in [3.05, 3.63) is 61.2 Å². The van der Waals surface area contributed by atoms with Crippen LogP contribution in [0.15, 0.2) is 66.1 Å². The molecule has 3 heterocycles. The molecule has 0 saturated carbocycles. The molecule has 1 fully saturated rings. The summed E-state index contributed by atoms with van der Waals surface area (Å²) in [6.45, 7) is 2.02. The summed E-state index contributed by atoms with van der Waals surface area (Å²) in [7, 11) is -2.47. The van der Waals surface area contributed by atoms with Gasteiger partial charge in [0.25, 0.3) is 15.9 Å². The average Bonchev–Trinajstić information content (AvgIpc) is 3.54. The molecule has 43 heavy (non-hydrogen) atoms. The van der Waals surface area contributed by atoms with Gasteiger partial charge in [0, 0.05) is 17.9 Å². The molecular formula is C26H28N8O8S. The number of carbonyl (C=O) groups is 2. The maximum absolute atomic E-state index is 12.9. The second-order valence-electron chi connectivity index (χ2n) is 9.31. The minimum Gasteiger partial charge on any atom is -0.497 e. The number of hydrogen-bond acceptors (Lipinski definition) is 11. The van der Waals surface area contributed by atoms with E-state index in [-0.39, 0.29) is 27.6 Å². The van der Waals surface area contributed by atoms with Crippen molar-refractivity contribution in [2.24, 2.45) is 0 Å². The SMILES string of the molecule is CCNC(=O)[C@H]1O[C@@H](n2cnc3c(NC(=O)Nc4cccc(S(=O)(=O)Nc5ccc(OC)cc5)c4)ncnc32)C(O)C1O. The van der Waals surface area contributed by atoms with Gasteiger partial charge in [-0.1, -0.05) is 6.07 Å². The summed E-state index contributed by atoms with van der Waals surface area (Å²) in [6, 6.07) is 11.2. The molecule has 4 atom stereocenters. The molecule has 1 aliphatic heterocycles. The number of benzene rings is 2. The first kappa shape index (κ1) is 29.6. The fourth-order valence-corrected chi connectivity index (χ4v) is 5.50. The standard InChI is InChI=1S/C26H28N8O8S/c1-3-27-24(37)21-19(35)20(36)25(42-21)34-13-30-18-22(28-12-29-23(18)34)32-26(38)31-15-5-4-6-17(11-15)43(39,40)33-14-7-9-16(41-2)10-8-14/h4-13,19-21,25,33,35-36H,3H2,1-2H3,(H,27,37)(H2,28,29,31,32,38)/t19?,20?,21-,25+/m0/s1. The highest BCUT2D eigenvalue weighted by atomic mass is 32.2. The number of imidazole rings is 1. The molecule has 17 heteroatoms. The number of methoxy groups -OCH3 is 1. The highest BCUT2D eigenvalue weighted by Gasteiger charge is 2.47. The summed E-state index contributed by atoms with van der Waals surface area (Å²) in [4.78, 5) is 37.4. The number of anilines is 3. The molecule has 4 aromatic rings. The fourth-order valence-electron chi connectivity index (χ4n) is 4.39. The third-order valence-electron chi connectivity index (χ3n) is 6.46. The van der Waals surface area contributed by atoms with Gasteiger partial charge in [0.15, 0.2) is 29.3 Å². The van der Waals surface area contributed by atoms with Crippen molar-refractivity contribution in [2.75, 3.05) is 29.0 Å². The van der Waals surface area contributed by atoms with Gasteiger partial charge in [0.05, 0.1) is 18.3 Å². The van der Waals surface area contributed by atoms with E-state index in [0.29, 0.717) is 18.0 Å². The quantitative estimate of drug-likeness (QED) is 0.157. The Bertz CT molecular complexity index is 1750. The lowest BCUT2D eigenvalue weighted by Gasteiger charge is -2.16. The summed E-state index contributed by atoms with van der Waals surface area (Å²) in [5.74, 6) is -0.0104. The topological polar surface area (TPSA) is 219 Å². The van der Waals surface area contributed by atoms with Crippen LogP contribution in [0.5, 0.6) is 5.75 Å². The number of hydrogen-bond donors (Lipinski definition) is 6. The molecule has 0 bridgehead atoms. The summed E-state index contributed by atoms with van der Waals surface area (Å²) in [5.41, 5.74) is 0.785. The van der Waals surface area contributed by atoms with Crippen LogP contribution in [0.25, 0.3) is 11.2 Å². The number of nitrogens with zero attached hydrogens (tertiary/aromatic N) is 4. The van der Waals surface area contributed by atoms with E-state index in [0.717, 1.165) is 6.33 Å². The van der Waals surface area contributed by atoms with Gasteiger partial charge < -0.3 is 30.3 Å². The van der Waals surface area contributed by atoms with Crippen molar-refractivity contribution < 1.29 is 37.7 Å². The Balaban J connectivity index is 1.29. The highest BCUT2D eigenvalue weighted by molar-refractivity contribution is 7.92. The third kappa shape index (κ3) is 6.19. The maximum atomic E-state index is 12.9. The minimum absolute atomic E-state index is 0.000454. The molecule has 3 amide bonds. The Labute approximate surface area is 245 Å². The Morgan fingerprint density at radius 1 is 1.02 bits per heavy atom. The lowest BCUT2D eigenvalue weighted by atomic mass is 10.1. The van der Waals surface area contributed by atoms with Crippen molar-refractivity contribution in [3.63, 3.8) is 0 Å². The zero-order valence-corrected chi connectivity index (χ0v) is 23.6. The predicted octanol–water partition coefficient (Wildman–Crippen LogP) is 1.03. The smallest absolute Gasteiger partial charge is 0.324 e. The van der Waals surface area contributed by atoms with Crippen LogP contribution in [0.1, 0.15) is 13.2 Å². The predicted molar refractivity (Wildman–Crippen MR) is 153 cm³/mol. The summed E-state index contributed by atoms with van der Waals surface area (Å²) in [5, 5.41) is 28.6. The van der Waals surface area contributed by atoms with E-state index >= 15 is 0 Å². The van der Waals surface area contributed by atoms with E-state index in [2.05, 4.69) is 35.6 Å². The normalized spacial score (nSPS) is 20.0. The number of aliphatic hydroxyl groups excluding tert-OH is 2. The molecule has 2 aromatic carbocycles. The second-order valence-corrected chi connectivity index (χ2v) is 11.0. The average molecular weight is 613 g/mol. The van der Waals surface area contributed by atoms with Crippen LogP contribution in [-0.4, -0.2) is 82.1 Å². The molecule has 6 N–H and O–H groups in total. The van der Waals surface area contributed by atoms with E-state index in [1.807, 2.05) is 0 Å². The number of nitrogens with one attached hydrogen (secondary N) is 4. The monoisotopic (exact) mass is 612 g/mol. The molecule has 1 saturated heterocycles. The third-order valence-corrected chi connectivity index (χ3v) is 7.84. The van der Waals surface area contributed by atoms with Gasteiger partial charge >= 0.3 is 6.03 Å². The van der Waals surface area contributed by atoms with Gasteiger partial charge in [-0.05, 0) is 49.4 Å². The molecule has 0 radical (unpaired) electrons. The van der Waals surface area contributed by atoms with Crippen LogP contribution in [0, 0.1) is 0 Å². The van der Waals surface area contributed by atoms with Gasteiger partial charge in [-0.2, -0.15) is 0 Å². The number of aromatic nitrogens is 4. The Morgan fingerprint density at radius 2 is 1.79 bits per heavy atom. The van der Waals surface area contributed by atoms with E-state index in [4.69, 9.17) is 9.47 Å². The first-order chi connectivity index (χ1) is 20.6. The highest BCUT2D eigenvalue weighted by Crippen LogP contribution is 2.32. The fraction of sp³-hybridized carbons (Fsp3) is 0.269. The number of carbonyl (C=O) groups excluding carboxylic acids is 2. The van der Waals surface area contributed by atoms with Crippen molar-refractivity contribution in [2.45, 2.75) is 36.4 Å². The van der Waals surface area contributed by atoms with Crippen molar-refractivity contribution in [1.29, 1.82) is 0 Å². The second kappa shape index (κ2) is 12.2. The molecule has 5 rings (SSSR count). The Kier molecular flexibility index (Phi) is 8.40. The van der Waals surface area contributed by atoms with Gasteiger partial charge in [-0.25, -0.2) is 28.2 Å². The molecule has 2 aromatic heterocycles. The number of aliphatic hydroxyl groups is 2. The van der Waals surface area contributed by atoms with E-state index in [1.54, 1.807) is 31.2 Å². The minimum atomic E-state index is -3.98. The molecular weight excluding hydrogens is 584 g/mol. The van der Waals surface area contributed by atoms with Crippen LogP contribution in [0.4, 0.5) is 22.0 Å². The van der Waals surface area contributed by atoms with Crippen LogP contribution >= 0.6 is 0 Å². The van der Waals surface area contributed by atoms with Crippen LogP contribution in [0.3, 0.4) is 0 Å². The van der Waals surface area contributed by atoms with Crippen molar-refractivity contribution >= 4 is 50.3 Å². The molecule has 226 valence electrons. The number of rotatable bonds is 9. The number of sulfonamides is 1. The lowest BCUT2D eigenvalue weighted by Crippen LogP contribution is -2.42. The molecule has 0 aliphatic carbocycles. The number of likely N-dealkylation sites (N-methyl/N-ethyl adjacent to an activating group) is 1. The molecule has 1 aliphatic rings. The zero-order valence-electron chi connectivity index (χ0n) is 22.8. The number of urea groups is 1. The van der Waals surface area contributed by atoms with Crippen molar-refractivity contribution in [1.82, 2.24) is 24.8 Å². The zero-order chi connectivity index (χ0) is 30.7. The summed E-state index contributed by atoms with van der Waals surface area (Å²) < 4.78 is 40.3. The number of amides is 3. The van der Waals surface area contributed by atoms with Gasteiger partial charge in [0.1, 0.15) is 24.3 Å². The largest absolute Gasteiger partial charge is 0.497 e. The molecule has 16 nitrogen and oxygen atoms in total. The maximum Gasteiger partial charge on any atom is 0.324 e. The van der Waals surface area contributed by atoms with Crippen LogP contribution in [0.2, 0.25) is 0 Å². The van der Waals surface area contributed by atoms with Crippen LogP contribution in [-0.2, 0) is 19.6 Å². The first-order valence-corrected chi connectivity index (χ1v) is 14.4. The van der Waals surface area contributed by atoms with E-state index in [9.17, 15) is 28.2 Å². The van der Waals surface area contributed by atoms with Gasteiger partial charge in [-0.15, -0.1) is 0 Å². The van der Waals surface area contributed by atoms with Gasteiger partial charge in [0.2, 0.25) is 0 Å². The lowest BCUT2D eigenvalue weighted by molar-refractivity contribution is -0.137. The van der Waals surface area contributed by atoms with Crippen molar-refractivity contribution in [3.8, 4) is 5.75 Å². The molecule has 0 spiro atoms.